The van der Waals surface area contributed by atoms with Gasteiger partial charge in [-0.1, -0.05) is 64.1 Å². The Morgan fingerprint density at radius 3 is 2.36 bits per heavy atom. The van der Waals surface area contributed by atoms with Crippen LogP contribution in [0.4, 0.5) is 4.79 Å². The van der Waals surface area contributed by atoms with E-state index in [0.29, 0.717) is 11.3 Å². The third-order valence-corrected chi connectivity index (χ3v) is 5.61. The molecule has 0 bridgehead atoms. The molecule has 1 aliphatic carbocycles. The van der Waals surface area contributed by atoms with Crippen LogP contribution in [-0.4, -0.2) is 16.7 Å². The van der Waals surface area contributed by atoms with Gasteiger partial charge < -0.3 is 0 Å². The summed E-state index contributed by atoms with van der Waals surface area (Å²) in [5.41, 5.74) is 3.06. The second-order valence-corrected chi connectivity index (χ2v) is 7.25. The summed E-state index contributed by atoms with van der Waals surface area (Å²) in [5, 5.41) is -0.448. The van der Waals surface area contributed by atoms with E-state index in [2.05, 4.69) is 20.9 Å². The Balaban J connectivity index is 1.85. The lowest BCUT2D eigenvalue weighted by Crippen LogP contribution is -2.27. The number of hydrogen-bond acceptors (Lipinski definition) is 3. The Hall–Kier alpha value is -1.72. The zero-order valence-electron chi connectivity index (χ0n) is 11.3. The number of carbonyl (C=O) groups excluding carboxylic acids is 2. The number of nitrogens with zero attached hydrogens (tertiary/aromatic N) is 1. The van der Waals surface area contributed by atoms with E-state index in [9.17, 15) is 9.59 Å². The average Bonchev–Trinajstić information content (AvgIpc) is 2.81. The molecule has 0 saturated heterocycles. The lowest BCUT2D eigenvalue weighted by atomic mass is 9.93. The van der Waals surface area contributed by atoms with Crippen LogP contribution in [0.2, 0.25) is 0 Å². The van der Waals surface area contributed by atoms with Crippen LogP contribution in [0.25, 0.3) is 0 Å². The van der Waals surface area contributed by atoms with Crippen molar-refractivity contribution in [2.45, 2.75) is 5.25 Å². The van der Waals surface area contributed by atoms with E-state index in [1.807, 2.05) is 48.5 Å². The summed E-state index contributed by atoms with van der Waals surface area (Å²) >= 11 is 4.54. The monoisotopic (exact) mass is 371 g/mol. The highest BCUT2D eigenvalue weighted by Crippen LogP contribution is 2.47. The highest BCUT2D eigenvalue weighted by atomic mass is 79.9. The first-order valence-corrected chi connectivity index (χ1v) is 8.50. The Kier molecular flexibility index (Phi) is 3.27. The number of hydrogen-bond donors (Lipinski definition) is 0. The van der Waals surface area contributed by atoms with Crippen molar-refractivity contribution in [3.8, 4) is 0 Å². The fourth-order valence-corrected chi connectivity index (χ4v) is 4.32. The van der Waals surface area contributed by atoms with Crippen molar-refractivity contribution in [3.05, 3.63) is 69.7 Å². The van der Waals surface area contributed by atoms with Crippen molar-refractivity contribution in [2.24, 2.45) is 10.9 Å². The second-order valence-electron chi connectivity index (χ2n) is 5.24. The Morgan fingerprint density at radius 2 is 1.64 bits per heavy atom. The molecule has 2 aromatic rings. The van der Waals surface area contributed by atoms with Gasteiger partial charge in [-0.3, -0.25) is 9.59 Å². The van der Waals surface area contributed by atoms with Gasteiger partial charge in [0.15, 0.2) is 5.78 Å². The largest absolute Gasteiger partial charge is 0.305 e. The van der Waals surface area contributed by atoms with Crippen LogP contribution in [0.3, 0.4) is 0 Å². The molecule has 0 fully saturated rings. The SMILES string of the molecule is O=C1N=C2c3ccccc3C(=O)C2[C@H](c2ccc(Br)cc2)S1. The summed E-state index contributed by atoms with van der Waals surface area (Å²) < 4.78 is 0.971. The molecular weight excluding hydrogens is 362 g/mol. The van der Waals surface area contributed by atoms with Gasteiger partial charge in [-0.05, 0) is 17.7 Å². The normalized spacial score (nSPS) is 23.0. The average molecular weight is 372 g/mol. The lowest BCUT2D eigenvalue weighted by molar-refractivity contribution is 0.0960. The van der Waals surface area contributed by atoms with Gasteiger partial charge in [0.1, 0.15) is 0 Å². The number of amides is 1. The van der Waals surface area contributed by atoms with Gasteiger partial charge in [-0.25, -0.2) is 4.99 Å². The number of halogens is 1. The molecule has 0 aromatic heterocycles. The fourth-order valence-electron chi connectivity index (χ4n) is 3.01. The number of benzene rings is 2. The summed E-state index contributed by atoms with van der Waals surface area (Å²) in [6, 6.07) is 15.2. The van der Waals surface area contributed by atoms with E-state index >= 15 is 0 Å². The first-order chi connectivity index (χ1) is 10.6. The Bertz CT molecular complexity index is 829. The number of Topliss-reactive ketones (excluding diaryl/α,β-unsaturated/α-hetero) is 1. The van der Waals surface area contributed by atoms with Crippen LogP contribution in [0.5, 0.6) is 0 Å². The molecule has 108 valence electrons. The van der Waals surface area contributed by atoms with Gasteiger partial charge in [0.2, 0.25) is 0 Å². The van der Waals surface area contributed by atoms with Crippen molar-refractivity contribution in [2.75, 3.05) is 0 Å². The third-order valence-electron chi connectivity index (χ3n) is 3.99. The molecule has 1 heterocycles. The minimum Gasteiger partial charge on any atom is -0.293 e. The van der Waals surface area contributed by atoms with Crippen LogP contribution >= 0.6 is 27.7 Å². The summed E-state index contributed by atoms with van der Waals surface area (Å²) in [6.45, 7) is 0. The molecule has 0 saturated carbocycles. The van der Waals surface area contributed by atoms with Crippen molar-refractivity contribution in [1.82, 2.24) is 0 Å². The molecule has 1 amide bonds. The summed E-state index contributed by atoms with van der Waals surface area (Å²) in [4.78, 5) is 28.9. The topological polar surface area (TPSA) is 46.5 Å². The molecule has 1 unspecified atom stereocenters. The fraction of sp³-hybridized carbons (Fsp3) is 0.118. The number of fused-ring (bicyclic) bond motifs is 3. The minimum absolute atomic E-state index is 0.0577. The van der Waals surface area contributed by atoms with E-state index in [1.165, 1.54) is 0 Å². The number of carbonyl (C=O) groups is 2. The molecule has 4 rings (SSSR count). The van der Waals surface area contributed by atoms with Crippen LogP contribution < -0.4 is 0 Å². The van der Waals surface area contributed by atoms with E-state index in [1.54, 1.807) is 0 Å². The number of rotatable bonds is 1. The predicted molar refractivity (Wildman–Crippen MR) is 90.7 cm³/mol. The maximum absolute atomic E-state index is 12.8. The number of ketones is 1. The molecule has 22 heavy (non-hydrogen) atoms. The third kappa shape index (κ3) is 2.08. The molecule has 2 atom stereocenters. The van der Waals surface area contributed by atoms with Crippen molar-refractivity contribution in [1.29, 1.82) is 0 Å². The summed E-state index contributed by atoms with van der Waals surface area (Å²) in [5.74, 6) is -0.316. The highest BCUT2D eigenvalue weighted by Gasteiger charge is 2.46. The van der Waals surface area contributed by atoms with Crippen LogP contribution in [-0.2, 0) is 0 Å². The van der Waals surface area contributed by atoms with Crippen LogP contribution in [0.15, 0.2) is 58.0 Å². The predicted octanol–water partition coefficient (Wildman–Crippen LogP) is 4.66. The van der Waals surface area contributed by atoms with Crippen LogP contribution in [0.1, 0.15) is 26.7 Å². The maximum Gasteiger partial charge on any atom is 0.305 e. The first kappa shape index (κ1) is 13.9. The van der Waals surface area contributed by atoms with Gasteiger partial charge in [0, 0.05) is 15.6 Å². The van der Waals surface area contributed by atoms with E-state index in [4.69, 9.17) is 0 Å². The van der Waals surface area contributed by atoms with E-state index in [0.717, 1.165) is 27.4 Å². The van der Waals surface area contributed by atoms with E-state index < -0.39 is 0 Å². The molecule has 1 aliphatic heterocycles. The van der Waals surface area contributed by atoms with Gasteiger partial charge >= 0.3 is 5.24 Å². The summed E-state index contributed by atoms with van der Waals surface area (Å²) in [7, 11) is 0. The zero-order chi connectivity index (χ0) is 15.3. The highest BCUT2D eigenvalue weighted by molar-refractivity contribution is 9.10. The standard InChI is InChI=1S/C17H10BrNO2S/c18-10-7-5-9(6-8-10)16-13-14(19-17(21)22-16)11-3-1-2-4-12(11)15(13)20/h1-8,13,16H/t13?,16-/m0/s1. The Labute approximate surface area is 140 Å². The molecule has 3 nitrogen and oxygen atoms in total. The molecule has 2 aliphatic rings. The second kappa shape index (κ2) is 5.18. The zero-order valence-corrected chi connectivity index (χ0v) is 13.7. The van der Waals surface area contributed by atoms with Crippen LogP contribution in [0, 0.1) is 5.92 Å². The van der Waals surface area contributed by atoms with E-state index in [-0.39, 0.29) is 22.2 Å². The Morgan fingerprint density at radius 1 is 0.955 bits per heavy atom. The molecule has 5 heteroatoms. The molecule has 2 aromatic carbocycles. The molecule has 0 radical (unpaired) electrons. The van der Waals surface area contributed by atoms with Gasteiger partial charge in [-0.2, -0.15) is 0 Å². The molecule has 0 N–H and O–H groups in total. The van der Waals surface area contributed by atoms with Gasteiger partial charge in [-0.15, -0.1) is 0 Å². The lowest BCUT2D eigenvalue weighted by Gasteiger charge is -2.25. The van der Waals surface area contributed by atoms with Crippen molar-refractivity contribution >= 4 is 44.4 Å². The molecular formula is C17H10BrNO2S. The smallest absolute Gasteiger partial charge is 0.293 e. The quantitative estimate of drug-likeness (QED) is 0.732. The number of aliphatic imine (C=N–C) groups is 1. The number of thioether (sulfide) groups is 1. The van der Waals surface area contributed by atoms with Crippen molar-refractivity contribution in [3.63, 3.8) is 0 Å². The molecule has 0 spiro atoms. The van der Waals surface area contributed by atoms with Gasteiger partial charge in [0.05, 0.1) is 16.9 Å². The first-order valence-electron chi connectivity index (χ1n) is 6.83. The maximum atomic E-state index is 12.8. The van der Waals surface area contributed by atoms with Gasteiger partial charge in [0.25, 0.3) is 0 Å². The summed E-state index contributed by atoms with van der Waals surface area (Å²) in [6.07, 6.45) is 0. The van der Waals surface area contributed by atoms with Crippen molar-refractivity contribution < 1.29 is 9.59 Å². The minimum atomic E-state index is -0.374.